The standard InChI is InChI=1S/C13H14BrN5O3/c14-8-2-1-3-9(6-8)21-5-4-11(20)22-7-10-17-12(15)19-13(16)18-10/h1-3,6H,4-5,7H2,(H4,15,16,17,18,19). The van der Waals surface area contributed by atoms with E-state index < -0.39 is 5.97 Å². The molecule has 116 valence electrons. The van der Waals surface area contributed by atoms with Crippen molar-refractivity contribution in [3.8, 4) is 5.75 Å². The predicted molar refractivity (Wildman–Crippen MR) is 82.7 cm³/mol. The van der Waals surface area contributed by atoms with Crippen LogP contribution in [0.25, 0.3) is 0 Å². The molecule has 4 N–H and O–H groups in total. The van der Waals surface area contributed by atoms with E-state index in [0.29, 0.717) is 5.75 Å². The lowest BCUT2D eigenvalue weighted by atomic mass is 10.3. The average Bonchev–Trinajstić information content (AvgIpc) is 2.44. The first-order valence-corrected chi connectivity index (χ1v) is 7.12. The number of rotatable bonds is 6. The Morgan fingerprint density at radius 3 is 2.59 bits per heavy atom. The van der Waals surface area contributed by atoms with E-state index in [4.69, 9.17) is 20.9 Å². The molecule has 0 fully saturated rings. The summed E-state index contributed by atoms with van der Waals surface area (Å²) in [6.07, 6.45) is 0.0998. The van der Waals surface area contributed by atoms with Crippen LogP contribution in [0, 0.1) is 0 Å². The van der Waals surface area contributed by atoms with Crippen molar-refractivity contribution in [2.45, 2.75) is 13.0 Å². The molecule has 1 aromatic carbocycles. The van der Waals surface area contributed by atoms with Crippen LogP contribution < -0.4 is 16.2 Å². The fraction of sp³-hybridized carbons (Fsp3) is 0.231. The Morgan fingerprint density at radius 2 is 1.91 bits per heavy atom. The van der Waals surface area contributed by atoms with E-state index in [1.807, 2.05) is 18.2 Å². The number of halogens is 1. The summed E-state index contributed by atoms with van der Waals surface area (Å²) in [6, 6.07) is 7.33. The summed E-state index contributed by atoms with van der Waals surface area (Å²) in [7, 11) is 0. The molecule has 1 aromatic heterocycles. The van der Waals surface area contributed by atoms with Crippen molar-refractivity contribution >= 4 is 33.8 Å². The van der Waals surface area contributed by atoms with Gasteiger partial charge in [-0.05, 0) is 18.2 Å². The second-order valence-electron chi connectivity index (χ2n) is 4.18. The third-order valence-electron chi connectivity index (χ3n) is 2.45. The van der Waals surface area contributed by atoms with Gasteiger partial charge in [0, 0.05) is 4.47 Å². The third-order valence-corrected chi connectivity index (χ3v) is 2.94. The average molecular weight is 368 g/mol. The van der Waals surface area contributed by atoms with Crippen molar-refractivity contribution in [2.75, 3.05) is 18.1 Å². The van der Waals surface area contributed by atoms with Gasteiger partial charge in [0.05, 0.1) is 13.0 Å². The molecule has 22 heavy (non-hydrogen) atoms. The zero-order valence-corrected chi connectivity index (χ0v) is 13.1. The SMILES string of the molecule is Nc1nc(N)nc(COC(=O)CCOc2cccc(Br)c2)n1. The van der Waals surface area contributed by atoms with Gasteiger partial charge in [0.25, 0.3) is 0 Å². The van der Waals surface area contributed by atoms with E-state index in [1.54, 1.807) is 6.07 Å². The van der Waals surface area contributed by atoms with Crippen molar-refractivity contribution in [2.24, 2.45) is 0 Å². The Labute approximate surface area is 135 Å². The lowest BCUT2D eigenvalue weighted by molar-refractivity contribution is -0.145. The van der Waals surface area contributed by atoms with Crippen molar-refractivity contribution in [1.82, 2.24) is 15.0 Å². The number of ether oxygens (including phenoxy) is 2. The normalized spacial score (nSPS) is 10.2. The maximum atomic E-state index is 11.6. The van der Waals surface area contributed by atoms with Crippen LogP contribution in [0.3, 0.4) is 0 Å². The summed E-state index contributed by atoms with van der Waals surface area (Å²) in [5.41, 5.74) is 10.8. The van der Waals surface area contributed by atoms with E-state index in [1.165, 1.54) is 0 Å². The minimum atomic E-state index is -0.437. The molecule has 9 heteroatoms. The van der Waals surface area contributed by atoms with Crippen LogP contribution in [-0.4, -0.2) is 27.5 Å². The molecule has 0 amide bonds. The number of aromatic nitrogens is 3. The molecular formula is C13H14BrN5O3. The number of nitrogen functional groups attached to an aromatic ring is 2. The van der Waals surface area contributed by atoms with Gasteiger partial charge < -0.3 is 20.9 Å². The minimum absolute atomic E-state index is 0.0171. The first-order chi connectivity index (χ1) is 10.5. The molecule has 0 aliphatic rings. The third kappa shape index (κ3) is 5.17. The largest absolute Gasteiger partial charge is 0.493 e. The molecule has 0 spiro atoms. The lowest BCUT2D eigenvalue weighted by Crippen LogP contribution is -2.13. The molecule has 0 bridgehead atoms. The molecule has 2 rings (SSSR count). The van der Waals surface area contributed by atoms with E-state index in [9.17, 15) is 4.79 Å². The zero-order chi connectivity index (χ0) is 15.9. The van der Waals surface area contributed by atoms with Gasteiger partial charge >= 0.3 is 5.97 Å². The van der Waals surface area contributed by atoms with E-state index in [2.05, 4.69) is 30.9 Å². The maximum absolute atomic E-state index is 11.6. The second-order valence-corrected chi connectivity index (χ2v) is 5.10. The van der Waals surface area contributed by atoms with E-state index in [-0.39, 0.29) is 37.4 Å². The molecule has 0 saturated heterocycles. The Bertz CT molecular complexity index is 648. The highest BCUT2D eigenvalue weighted by Gasteiger charge is 2.07. The van der Waals surface area contributed by atoms with Crippen LogP contribution in [0.1, 0.15) is 12.2 Å². The second kappa shape index (κ2) is 7.55. The summed E-state index contributed by atoms with van der Waals surface area (Å²) in [4.78, 5) is 22.8. The predicted octanol–water partition coefficient (Wildman–Crippen LogP) is 1.31. The highest BCUT2D eigenvalue weighted by Crippen LogP contribution is 2.17. The van der Waals surface area contributed by atoms with Gasteiger partial charge in [-0.3, -0.25) is 4.79 Å². The molecule has 2 aromatic rings. The number of benzene rings is 1. The topological polar surface area (TPSA) is 126 Å². The van der Waals surface area contributed by atoms with Crippen LogP contribution in [-0.2, 0) is 16.1 Å². The summed E-state index contributed by atoms with van der Waals surface area (Å²) in [5, 5.41) is 0. The molecule has 0 aliphatic carbocycles. The molecule has 8 nitrogen and oxygen atoms in total. The van der Waals surface area contributed by atoms with Gasteiger partial charge in [0.2, 0.25) is 11.9 Å². The van der Waals surface area contributed by atoms with Gasteiger partial charge in [0.1, 0.15) is 5.75 Å². The Morgan fingerprint density at radius 1 is 1.18 bits per heavy atom. The van der Waals surface area contributed by atoms with Crippen LogP contribution >= 0.6 is 15.9 Å². The van der Waals surface area contributed by atoms with Gasteiger partial charge in [-0.2, -0.15) is 15.0 Å². The molecule has 0 unspecified atom stereocenters. The number of hydrogen-bond donors (Lipinski definition) is 2. The smallest absolute Gasteiger partial charge is 0.309 e. The van der Waals surface area contributed by atoms with E-state index in [0.717, 1.165) is 4.47 Å². The Hall–Kier alpha value is -2.42. The maximum Gasteiger partial charge on any atom is 0.309 e. The zero-order valence-electron chi connectivity index (χ0n) is 11.5. The van der Waals surface area contributed by atoms with E-state index >= 15 is 0 Å². The Kier molecular flexibility index (Phi) is 5.48. The minimum Gasteiger partial charge on any atom is -0.493 e. The van der Waals surface area contributed by atoms with Crippen molar-refractivity contribution in [3.05, 3.63) is 34.6 Å². The number of hydrogen-bond acceptors (Lipinski definition) is 8. The number of carbonyl (C=O) groups excluding carboxylic acids is 1. The quantitative estimate of drug-likeness (QED) is 0.731. The fourth-order valence-electron chi connectivity index (χ4n) is 1.55. The van der Waals surface area contributed by atoms with Crippen LogP contribution in [0.2, 0.25) is 0 Å². The monoisotopic (exact) mass is 367 g/mol. The summed E-state index contributed by atoms with van der Waals surface area (Å²) in [6.45, 7) is 0.0867. The number of carbonyl (C=O) groups is 1. The van der Waals surface area contributed by atoms with Crippen molar-refractivity contribution < 1.29 is 14.3 Å². The molecule has 1 heterocycles. The highest BCUT2D eigenvalue weighted by molar-refractivity contribution is 9.10. The summed E-state index contributed by atoms with van der Waals surface area (Å²) >= 11 is 3.33. The summed E-state index contributed by atoms with van der Waals surface area (Å²) < 4.78 is 11.3. The van der Waals surface area contributed by atoms with Crippen molar-refractivity contribution in [3.63, 3.8) is 0 Å². The molecule has 0 atom stereocenters. The van der Waals surface area contributed by atoms with Crippen LogP contribution in [0.4, 0.5) is 11.9 Å². The first-order valence-electron chi connectivity index (χ1n) is 6.33. The summed E-state index contributed by atoms with van der Waals surface area (Å²) in [5.74, 6) is 0.395. The Balaban J connectivity index is 1.74. The number of esters is 1. The van der Waals surface area contributed by atoms with Crippen LogP contribution in [0.15, 0.2) is 28.7 Å². The van der Waals surface area contributed by atoms with Crippen molar-refractivity contribution in [1.29, 1.82) is 0 Å². The number of nitrogens with two attached hydrogens (primary N) is 2. The molecule has 0 radical (unpaired) electrons. The fourth-order valence-corrected chi connectivity index (χ4v) is 1.93. The number of nitrogens with zero attached hydrogens (tertiary/aromatic N) is 3. The van der Waals surface area contributed by atoms with Gasteiger partial charge in [-0.25, -0.2) is 0 Å². The number of anilines is 2. The van der Waals surface area contributed by atoms with Crippen LogP contribution in [0.5, 0.6) is 5.75 Å². The molecule has 0 saturated carbocycles. The molecule has 0 aliphatic heterocycles. The van der Waals surface area contributed by atoms with Gasteiger partial charge in [-0.15, -0.1) is 0 Å². The van der Waals surface area contributed by atoms with Gasteiger partial charge in [0.15, 0.2) is 12.4 Å². The first kappa shape index (κ1) is 16.0. The lowest BCUT2D eigenvalue weighted by Gasteiger charge is -2.07. The van der Waals surface area contributed by atoms with Gasteiger partial charge in [-0.1, -0.05) is 22.0 Å². The molecular weight excluding hydrogens is 354 g/mol. The highest BCUT2D eigenvalue weighted by atomic mass is 79.9.